The van der Waals surface area contributed by atoms with Crippen LogP contribution in [-0.4, -0.2) is 70.1 Å². The number of allylic oxidation sites excluding steroid dienone is 4. The Kier molecular flexibility index (Phi) is 41.8. The van der Waals surface area contributed by atoms with E-state index in [0.29, 0.717) is 58.4 Å². The minimum atomic E-state index is -3.00. The van der Waals surface area contributed by atoms with Gasteiger partial charge in [0.1, 0.15) is 17.3 Å². The fraction of sp³-hybridized carbons (Fsp3) is 0.213. The number of aliphatic hydroxyl groups excluding tert-OH is 2. The summed E-state index contributed by atoms with van der Waals surface area (Å²) >= 11 is 0. The molecule has 0 saturated heterocycles. The number of pyridine rings is 4. The van der Waals surface area contributed by atoms with E-state index < -0.39 is 5.92 Å². The van der Waals surface area contributed by atoms with Crippen molar-refractivity contribution < 1.29 is 149 Å². The number of halogens is 3. The Hall–Kier alpha value is -10.6. The average Bonchev–Trinajstić information content (AvgIpc) is 0.720. The van der Waals surface area contributed by atoms with Crippen molar-refractivity contribution in [1.82, 2.24) is 19.9 Å². The summed E-state index contributed by atoms with van der Waals surface area (Å²) in [5.41, 5.74) is 15.3. The van der Waals surface area contributed by atoms with E-state index in [0.717, 1.165) is 61.4 Å². The van der Waals surface area contributed by atoms with E-state index in [-0.39, 0.29) is 186 Å². The fourth-order valence-electron chi connectivity index (χ4n) is 13.6. The second-order valence-corrected chi connectivity index (χ2v) is 33.9. The molecule has 0 aliphatic heterocycles. The molecule has 10 aromatic carbocycles. The van der Waals surface area contributed by atoms with Gasteiger partial charge in [-0.1, -0.05) is 210 Å². The fourth-order valence-corrected chi connectivity index (χ4v) is 13.6. The van der Waals surface area contributed by atoms with Gasteiger partial charge in [0.05, 0.1) is 22.7 Å². The van der Waals surface area contributed by atoms with Crippen molar-refractivity contribution in [1.29, 1.82) is 0 Å². The van der Waals surface area contributed by atoms with Crippen LogP contribution in [0.4, 0.5) is 24.5 Å². The van der Waals surface area contributed by atoms with Gasteiger partial charge in [-0.15, -0.1) is 131 Å². The minimum Gasteiger partial charge on any atom is -0.512 e. The van der Waals surface area contributed by atoms with Crippen LogP contribution < -0.4 is 0 Å². The van der Waals surface area contributed by atoms with Crippen molar-refractivity contribution >= 4 is 62.7 Å². The van der Waals surface area contributed by atoms with Gasteiger partial charge >= 0.3 is 0 Å². The number of aromatic nitrogens is 4. The van der Waals surface area contributed by atoms with Crippen LogP contribution in [0.25, 0.3) is 77.7 Å². The van der Waals surface area contributed by atoms with Crippen molar-refractivity contribution in [3.8, 4) is 67.7 Å². The Bertz CT molecular complexity index is 6040. The number of para-hydroxylation sites is 2. The first-order valence-electron chi connectivity index (χ1n) is 40.8. The summed E-state index contributed by atoms with van der Waals surface area (Å²) in [5, 5.41) is 43.6. The smallest absolute Gasteiger partial charge is 0.266 e. The number of ketones is 3. The van der Waals surface area contributed by atoms with E-state index in [2.05, 4.69) is 176 Å². The number of rotatable bonds is 10. The van der Waals surface area contributed by atoms with E-state index in [1.807, 2.05) is 152 Å². The van der Waals surface area contributed by atoms with Crippen LogP contribution in [-0.2, 0) is 143 Å². The van der Waals surface area contributed by atoms with Gasteiger partial charge in [0.2, 0.25) is 0 Å². The number of hydrogen-bond donors (Lipinski definition) is 4. The third-order valence-corrected chi connectivity index (χ3v) is 20.1. The van der Waals surface area contributed by atoms with Crippen molar-refractivity contribution in [3.05, 3.63) is 371 Å². The SMILES string of the molecule is CC(=O)C1=C(O)CCCC1=O.CC(=O)C=C(C)O.CC(C)(C)c1cc(C=Nc2ccccc2N=Cc2cc(C(C)(C)C)cc(C(C)(C)C)c2O)c(O)c(C(C)(C)C)c1.FC1(F)c2ccc[c-]c2-c2nccc3cccc1c23.Fc1c[c-]c(-c2ccccn2)cc1.[Ir].[Ir].[Ir].[Ir].[Pt].[c-]1ccc(-c2ccccc2)cc1-c1ccccn1.[c-]1ccccc1-c1nccc2ccccc12. The van der Waals surface area contributed by atoms with Crippen LogP contribution in [0, 0.1) is 30.1 Å². The number of Topliss-reactive ketones (excluding diaryl/α,β-unsaturated/α-hetero) is 2. The maximum Gasteiger partial charge on any atom is 0.266 e. The van der Waals surface area contributed by atoms with E-state index in [1.165, 1.54) is 73.0 Å². The molecule has 14 aromatic rings. The summed E-state index contributed by atoms with van der Waals surface area (Å²) in [6.07, 6.45) is 13.1. The molecule has 678 valence electrons. The van der Waals surface area contributed by atoms with Crippen LogP contribution in [0.2, 0.25) is 0 Å². The first-order chi connectivity index (χ1) is 58.9. The molecule has 0 atom stereocenters. The first-order valence-corrected chi connectivity index (χ1v) is 40.8. The number of benzene rings is 10. The molecule has 13 nitrogen and oxygen atoms in total. The average molecular weight is 2620 g/mol. The van der Waals surface area contributed by atoms with Crippen molar-refractivity contribution in [3.63, 3.8) is 0 Å². The largest absolute Gasteiger partial charge is 0.512 e. The van der Waals surface area contributed by atoms with E-state index in [4.69, 9.17) is 20.2 Å². The Labute approximate surface area is 824 Å². The second-order valence-electron chi connectivity index (χ2n) is 33.9. The molecule has 0 saturated carbocycles. The quantitative estimate of drug-likeness (QED) is 0.0333. The van der Waals surface area contributed by atoms with Gasteiger partial charge < -0.3 is 40.4 Å². The number of phenolic OH excluding ortho intramolecular Hbond substituents is 2. The summed E-state index contributed by atoms with van der Waals surface area (Å²) in [6, 6.07) is 90.1. The maximum atomic E-state index is 14.6. The molecule has 0 unspecified atom stereocenters. The molecule has 4 radical (unpaired) electrons. The van der Waals surface area contributed by atoms with Crippen LogP contribution in [0.15, 0.2) is 307 Å². The van der Waals surface area contributed by atoms with Gasteiger partial charge in [0, 0.05) is 191 Å². The summed E-state index contributed by atoms with van der Waals surface area (Å²) < 4.78 is 41.8. The summed E-state index contributed by atoms with van der Waals surface area (Å²) in [7, 11) is 0. The Morgan fingerprint density at radius 1 is 0.465 bits per heavy atom. The summed E-state index contributed by atoms with van der Waals surface area (Å²) in [6.45, 7) is 29.8. The minimum absolute atomic E-state index is 0. The summed E-state index contributed by atoms with van der Waals surface area (Å²) in [5.74, 6) is -3.41. The van der Waals surface area contributed by atoms with Gasteiger partial charge in [-0.2, -0.15) is 0 Å². The van der Waals surface area contributed by atoms with E-state index >= 15 is 0 Å². The van der Waals surface area contributed by atoms with Gasteiger partial charge in [0.25, 0.3) is 5.92 Å². The molecule has 129 heavy (non-hydrogen) atoms. The van der Waals surface area contributed by atoms with Crippen LogP contribution in [0.3, 0.4) is 0 Å². The normalized spacial score (nSPS) is 12.4. The van der Waals surface area contributed by atoms with Crippen molar-refractivity contribution in [2.75, 3.05) is 0 Å². The van der Waals surface area contributed by atoms with Gasteiger partial charge in [-0.3, -0.25) is 28.8 Å². The van der Waals surface area contributed by atoms with E-state index in [9.17, 15) is 37.8 Å². The van der Waals surface area contributed by atoms with Crippen molar-refractivity contribution in [2.45, 2.75) is 151 Å². The third kappa shape index (κ3) is 30.0. The number of carbonyl (C=O) groups is 3. The predicted octanol–water partition coefficient (Wildman–Crippen LogP) is 26.7. The monoisotopic (exact) mass is 2620 g/mol. The molecule has 0 bridgehead atoms. The van der Waals surface area contributed by atoms with Gasteiger partial charge in [-0.25, -0.2) is 8.78 Å². The number of aliphatic imine (C=N–C) groups is 2. The Balaban J connectivity index is 0.000000283. The number of hydrogen-bond acceptors (Lipinski definition) is 13. The molecule has 0 spiro atoms. The zero-order valence-corrected chi connectivity index (χ0v) is 86.2. The molecule has 4 aromatic heterocycles. The van der Waals surface area contributed by atoms with Gasteiger partial charge in [-0.05, 0) is 158 Å². The second kappa shape index (κ2) is 49.4. The molecule has 4 N–H and O–H groups in total. The number of nitrogens with zero attached hydrogens (tertiary/aromatic N) is 6. The molecule has 4 heterocycles. The van der Waals surface area contributed by atoms with E-state index in [1.54, 1.807) is 61.4 Å². The zero-order valence-electron chi connectivity index (χ0n) is 74.3. The number of carbonyl (C=O) groups excluding carboxylic acids is 3. The number of aliphatic hydroxyl groups is 2. The molecule has 21 heteroatoms. The Morgan fingerprint density at radius 3 is 1.47 bits per heavy atom. The zero-order chi connectivity index (χ0) is 89.7. The molecular formula is C108H103F3Ir4N6O7Pt-4. The summed E-state index contributed by atoms with van der Waals surface area (Å²) in [4.78, 5) is 58.6. The molecule has 0 fully saturated rings. The maximum absolute atomic E-state index is 14.6. The van der Waals surface area contributed by atoms with Crippen LogP contribution in [0.1, 0.15) is 168 Å². The number of phenols is 2. The number of aromatic hydroxyl groups is 2. The molecule has 2 aliphatic carbocycles. The third-order valence-electron chi connectivity index (χ3n) is 20.1. The molecule has 0 amide bonds. The number of fused-ring (bicyclic) bond motifs is 3. The van der Waals surface area contributed by atoms with Crippen molar-refractivity contribution in [2.24, 2.45) is 9.98 Å². The number of alkyl halides is 2. The molecule has 2 aliphatic rings. The molecule has 16 rings (SSSR count). The van der Waals surface area contributed by atoms with Gasteiger partial charge in [0.15, 0.2) is 17.3 Å². The van der Waals surface area contributed by atoms with Crippen LogP contribution in [0.5, 0.6) is 11.5 Å². The van der Waals surface area contributed by atoms with Crippen LogP contribution >= 0.6 is 0 Å². The topological polar surface area (TPSA) is 208 Å². The standard InChI is InChI=1S/C36H48N2O2.C17H12N.C16H8F2N.C15H10N.C11H7FN.C8H10O3.C5H8O2.4Ir.Pt/c1-33(2,3)25-17-23(31(39)27(19-25)35(7,8)9)21-37-29-15-13-14-16-30(29)38-22-24-18-26(34(4,5)6)20-28(32(24)40)36(10,11)12;1-2-7-14(8-3-1)15-9-6-10-16(13-15)17-11-4-5-12-18-17;17-16(18)12-6-2-1-5-11(12)15-14-10(8-9-19-15)4-3-7-13(14)16;1-2-7-13(8-3-1)15-14-9-5-4-6-12(14)10-11-16-15;12-10-6-4-9(5-7-10)11-3-1-2-8-13-11;1-5(9)8-6(10)3-2-4-7(8)11;1-4(6)3-5(2)7;;;;;/h13-22,39-40H,1-12H3;1-9,11-13H;1-4,6-9H;1-7,9-11H;1-4,6-8H;10H,2-4H2,1H3;3,6H,1-2H3;;;;;/q;4*-1;;;;;;;. The first kappa shape index (κ1) is 109. The molecular weight excluding hydrogens is 2510 g/mol. The predicted molar refractivity (Wildman–Crippen MR) is 496 cm³/mol. The Morgan fingerprint density at radius 2 is 0.977 bits per heavy atom.